The molecule has 0 unspecified atom stereocenters. The summed E-state index contributed by atoms with van der Waals surface area (Å²) in [6.45, 7) is 7.53. The molecular formula is C18H28N4OS2. The first-order chi connectivity index (χ1) is 12.1. The van der Waals surface area contributed by atoms with Crippen LogP contribution in [0, 0.1) is 4.77 Å². The van der Waals surface area contributed by atoms with Crippen molar-refractivity contribution in [2.24, 2.45) is 0 Å². The number of carbonyl (C=O) groups is 1. The van der Waals surface area contributed by atoms with Crippen molar-refractivity contribution in [1.29, 1.82) is 0 Å². The van der Waals surface area contributed by atoms with Gasteiger partial charge in [-0.25, -0.2) is 0 Å². The molecule has 0 aliphatic carbocycles. The number of unbranched alkanes of at least 4 members (excludes halogenated alkanes) is 2. The van der Waals surface area contributed by atoms with Crippen LogP contribution in [0.3, 0.4) is 0 Å². The second kappa shape index (κ2) is 9.87. The van der Waals surface area contributed by atoms with E-state index in [1.165, 1.54) is 0 Å². The molecule has 1 atom stereocenters. The summed E-state index contributed by atoms with van der Waals surface area (Å²) in [5.74, 6) is 0.859. The molecule has 25 heavy (non-hydrogen) atoms. The molecule has 7 heteroatoms. The number of aromatic amines is 1. The van der Waals surface area contributed by atoms with E-state index >= 15 is 0 Å². The SMILES string of the molecule is CCCCCN(C(=O)Cn1c(-c2cccs2)n[nH]c1=S)[C@H](C)CCC. The van der Waals surface area contributed by atoms with Gasteiger partial charge in [-0.05, 0) is 43.4 Å². The van der Waals surface area contributed by atoms with Crippen LogP contribution in [-0.4, -0.2) is 38.2 Å². The number of thiophene rings is 1. The number of H-pyrrole nitrogens is 1. The maximum atomic E-state index is 13.0. The molecule has 0 aliphatic heterocycles. The highest BCUT2D eigenvalue weighted by atomic mass is 32.1. The van der Waals surface area contributed by atoms with Gasteiger partial charge in [0.15, 0.2) is 10.6 Å². The van der Waals surface area contributed by atoms with E-state index < -0.39 is 0 Å². The van der Waals surface area contributed by atoms with Crippen LogP contribution in [0.1, 0.15) is 52.9 Å². The molecule has 0 aliphatic rings. The predicted molar refractivity (Wildman–Crippen MR) is 106 cm³/mol. The van der Waals surface area contributed by atoms with Gasteiger partial charge in [0.2, 0.25) is 5.91 Å². The van der Waals surface area contributed by atoms with E-state index in [-0.39, 0.29) is 18.5 Å². The van der Waals surface area contributed by atoms with Crippen LogP contribution in [0.4, 0.5) is 0 Å². The third-order valence-electron chi connectivity index (χ3n) is 4.35. The molecule has 0 bridgehead atoms. The molecule has 1 N–H and O–H groups in total. The summed E-state index contributed by atoms with van der Waals surface area (Å²) >= 11 is 6.95. The molecule has 2 aromatic rings. The number of hydrogen-bond acceptors (Lipinski definition) is 4. The van der Waals surface area contributed by atoms with Gasteiger partial charge in [-0.15, -0.1) is 11.3 Å². The van der Waals surface area contributed by atoms with Gasteiger partial charge in [-0.3, -0.25) is 14.5 Å². The van der Waals surface area contributed by atoms with Crippen LogP contribution in [0.5, 0.6) is 0 Å². The van der Waals surface area contributed by atoms with E-state index in [1.807, 2.05) is 27.0 Å². The van der Waals surface area contributed by atoms with Crippen molar-refractivity contribution < 1.29 is 4.79 Å². The first-order valence-electron chi connectivity index (χ1n) is 9.07. The first kappa shape index (κ1) is 19.8. The second-order valence-corrected chi connectivity index (χ2v) is 7.68. The van der Waals surface area contributed by atoms with E-state index in [2.05, 4.69) is 31.0 Å². The third kappa shape index (κ3) is 5.25. The van der Waals surface area contributed by atoms with Gasteiger partial charge >= 0.3 is 0 Å². The summed E-state index contributed by atoms with van der Waals surface area (Å²) in [4.78, 5) is 16.0. The highest BCUT2D eigenvalue weighted by Gasteiger charge is 2.21. The minimum atomic E-state index is 0.118. The van der Waals surface area contributed by atoms with Gasteiger partial charge in [-0.2, -0.15) is 5.10 Å². The van der Waals surface area contributed by atoms with Gasteiger partial charge in [0.25, 0.3) is 0 Å². The lowest BCUT2D eigenvalue weighted by molar-refractivity contribution is -0.134. The van der Waals surface area contributed by atoms with E-state index in [0.717, 1.165) is 49.4 Å². The van der Waals surface area contributed by atoms with Gasteiger partial charge in [-0.1, -0.05) is 39.2 Å². The van der Waals surface area contributed by atoms with E-state index in [0.29, 0.717) is 4.77 Å². The Bertz CT molecular complexity index is 705. The van der Waals surface area contributed by atoms with E-state index in [4.69, 9.17) is 12.2 Å². The predicted octanol–water partition coefficient (Wildman–Crippen LogP) is 4.88. The topological polar surface area (TPSA) is 53.9 Å². The minimum absolute atomic E-state index is 0.118. The molecule has 0 spiro atoms. The lowest BCUT2D eigenvalue weighted by Crippen LogP contribution is -2.41. The van der Waals surface area contributed by atoms with Crippen molar-refractivity contribution >= 4 is 29.5 Å². The number of aromatic nitrogens is 3. The van der Waals surface area contributed by atoms with Crippen LogP contribution in [0.2, 0.25) is 0 Å². The van der Waals surface area contributed by atoms with Crippen molar-refractivity contribution in [3.8, 4) is 10.7 Å². The Balaban J connectivity index is 2.17. The molecule has 0 saturated carbocycles. The largest absolute Gasteiger partial charge is 0.338 e. The molecule has 2 aromatic heterocycles. The Morgan fingerprint density at radius 2 is 2.20 bits per heavy atom. The smallest absolute Gasteiger partial charge is 0.242 e. The average Bonchev–Trinajstić information content (AvgIpc) is 3.22. The van der Waals surface area contributed by atoms with Crippen molar-refractivity contribution in [3.05, 3.63) is 22.3 Å². The summed E-state index contributed by atoms with van der Waals surface area (Å²) < 4.78 is 2.31. The summed E-state index contributed by atoms with van der Waals surface area (Å²) in [5.41, 5.74) is 0. The number of hydrogen-bond donors (Lipinski definition) is 1. The lowest BCUT2D eigenvalue weighted by Gasteiger charge is -2.29. The second-order valence-electron chi connectivity index (χ2n) is 6.35. The number of rotatable bonds is 10. The number of nitrogens with one attached hydrogen (secondary N) is 1. The Morgan fingerprint density at radius 3 is 2.84 bits per heavy atom. The van der Waals surface area contributed by atoms with Gasteiger partial charge in [0, 0.05) is 12.6 Å². The standard InChI is InChI=1S/C18H28N4OS2/c1-4-6-7-11-21(14(3)9-5-2)16(23)13-22-17(19-20-18(22)24)15-10-8-12-25-15/h8,10,12,14H,4-7,9,11,13H2,1-3H3,(H,20,24)/t14-/m1/s1. The zero-order valence-corrected chi connectivity index (χ0v) is 17.0. The van der Waals surface area contributed by atoms with Gasteiger partial charge < -0.3 is 4.90 Å². The Kier molecular flexibility index (Phi) is 7.84. The summed E-state index contributed by atoms with van der Waals surface area (Å²) in [7, 11) is 0. The van der Waals surface area contributed by atoms with Crippen molar-refractivity contribution in [2.75, 3.05) is 6.54 Å². The van der Waals surface area contributed by atoms with Crippen LogP contribution in [-0.2, 0) is 11.3 Å². The first-order valence-corrected chi connectivity index (χ1v) is 10.4. The van der Waals surface area contributed by atoms with Crippen molar-refractivity contribution in [2.45, 2.75) is 65.5 Å². The van der Waals surface area contributed by atoms with Gasteiger partial charge in [0.1, 0.15) is 6.54 Å². The zero-order chi connectivity index (χ0) is 18.2. The van der Waals surface area contributed by atoms with Crippen LogP contribution in [0.25, 0.3) is 10.7 Å². The highest BCUT2D eigenvalue weighted by Crippen LogP contribution is 2.23. The molecule has 138 valence electrons. The molecule has 2 rings (SSSR count). The Hall–Kier alpha value is -1.47. The zero-order valence-electron chi connectivity index (χ0n) is 15.3. The Morgan fingerprint density at radius 1 is 1.40 bits per heavy atom. The lowest BCUT2D eigenvalue weighted by atomic mass is 10.1. The van der Waals surface area contributed by atoms with Crippen LogP contribution < -0.4 is 0 Å². The molecule has 5 nitrogen and oxygen atoms in total. The normalized spacial score (nSPS) is 12.3. The number of carbonyl (C=O) groups excluding carboxylic acids is 1. The van der Waals surface area contributed by atoms with Crippen molar-refractivity contribution in [1.82, 2.24) is 19.7 Å². The monoisotopic (exact) mass is 380 g/mol. The summed E-state index contributed by atoms with van der Waals surface area (Å²) in [6, 6.07) is 4.22. The minimum Gasteiger partial charge on any atom is -0.338 e. The molecule has 0 aromatic carbocycles. The Labute approximate surface area is 159 Å². The fraction of sp³-hybridized carbons (Fsp3) is 0.611. The maximum absolute atomic E-state index is 13.0. The maximum Gasteiger partial charge on any atom is 0.242 e. The fourth-order valence-corrected chi connectivity index (χ4v) is 3.90. The van der Waals surface area contributed by atoms with Crippen LogP contribution >= 0.6 is 23.6 Å². The van der Waals surface area contributed by atoms with E-state index in [9.17, 15) is 4.79 Å². The highest BCUT2D eigenvalue weighted by molar-refractivity contribution is 7.71. The molecule has 0 fully saturated rings. The fourth-order valence-electron chi connectivity index (χ4n) is 2.98. The molecule has 0 saturated heterocycles. The average molecular weight is 381 g/mol. The summed E-state index contributed by atoms with van der Waals surface area (Å²) in [5, 5.41) is 9.14. The number of nitrogens with zero attached hydrogens (tertiary/aromatic N) is 3. The van der Waals surface area contributed by atoms with Crippen LogP contribution in [0.15, 0.2) is 17.5 Å². The van der Waals surface area contributed by atoms with Crippen molar-refractivity contribution in [3.63, 3.8) is 0 Å². The molecule has 0 radical (unpaired) electrons. The molecular weight excluding hydrogens is 352 g/mol. The molecule has 2 heterocycles. The molecule has 1 amide bonds. The third-order valence-corrected chi connectivity index (χ3v) is 5.53. The quantitative estimate of drug-likeness (QED) is 0.472. The van der Waals surface area contributed by atoms with E-state index in [1.54, 1.807) is 11.3 Å². The van der Waals surface area contributed by atoms with Gasteiger partial charge in [0.05, 0.1) is 4.88 Å². The number of amides is 1. The summed E-state index contributed by atoms with van der Waals surface area (Å²) in [6.07, 6.45) is 5.44.